The van der Waals surface area contributed by atoms with Crippen LogP contribution in [0.3, 0.4) is 0 Å². The van der Waals surface area contributed by atoms with Gasteiger partial charge in [-0.3, -0.25) is 0 Å². The van der Waals surface area contributed by atoms with E-state index in [0.29, 0.717) is 0 Å². The van der Waals surface area contributed by atoms with Gasteiger partial charge in [0.15, 0.2) is 0 Å². The lowest BCUT2D eigenvalue weighted by Gasteiger charge is -2.25. The van der Waals surface area contributed by atoms with Crippen LogP contribution in [-0.2, 0) is 25.7 Å². The SMILES string of the molecule is C=CCN(c1ccc2c(c1)CCC2)c1ccc2c(c1)CCC2. The molecule has 0 spiro atoms. The van der Waals surface area contributed by atoms with Gasteiger partial charge in [-0.15, -0.1) is 6.58 Å². The average Bonchev–Trinajstić information content (AvgIpc) is 3.19. The second-order valence-corrected chi connectivity index (χ2v) is 6.51. The largest absolute Gasteiger partial charge is 0.338 e. The first-order valence-electron chi connectivity index (χ1n) is 8.47. The highest BCUT2D eigenvalue weighted by atomic mass is 15.1. The van der Waals surface area contributed by atoms with Gasteiger partial charge in [-0.1, -0.05) is 18.2 Å². The molecule has 22 heavy (non-hydrogen) atoms. The summed E-state index contributed by atoms with van der Waals surface area (Å²) in [7, 11) is 0. The zero-order valence-electron chi connectivity index (χ0n) is 13.1. The number of hydrogen-bond acceptors (Lipinski definition) is 1. The molecule has 0 unspecified atom stereocenters. The maximum absolute atomic E-state index is 3.95. The summed E-state index contributed by atoms with van der Waals surface area (Å²) in [6, 6.07) is 14.0. The maximum atomic E-state index is 3.95. The molecule has 112 valence electrons. The minimum absolute atomic E-state index is 0.859. The van der Waals surface area contributed by atoms with Crippen molar-refractivity contribution in [1.29, 1.82) is 0 Å². The van der Waals surface area contributed by atoms with Crippen molar-refractivity contribution in [2.24, 2.45) is 0 Å². The predicted octanol–water partition coefficient (Wildman–Crippen LogP) is 4.99. The van der Waals surface area contributed by atoms with Crippen LogP contribution < -0.4 is 4.90 Å². The molecule has 2 aromatic rings. The number of benzene rings is 2. The van der Waals surface area contributed by atoms with Crippen molar-refractivity contribution in [3.05, 3.63) is 71.3 Å². The summed E-state index contributed by atoms with van der Waals surface area (Å²) < 4.78 is 0. The summed E-state index contributed by atoms with van der Waals surface area (Å²) in [6.07, 6.45) is 9.56. The molecule has 0 N–H and O–H groups in total. The normalized spacial score (nSPS) is 15.5. The molecule has 0 amide bonds. The van der Waals surface area contributed by atoms with Gasteiger partial charge >= 0.3 is 0 Å². The van der Waals surface area contributed by atoms with E-state index in [-0.39, 0.29) is 0 Å². The Kier molecular flexibility index (Phi) is 3.49. The van der Waals surface area contributed by atoms with Crippen molar-refractivity contribution >= 4 is 11.4 Å². The molecule has 2 aliphatic carbocycles. The van der Waals surface area contributed by atoms with Gasteiger partial charge in [-0.05, 0) is 85.0 Å². The standard InChI is InChI=1S/C21H23N/c1-2-13-22(20-11-9-16-5-3-7-18(16)14-20)21-12-10-17-6-4-8-19(17)15-21/h2,9-12,14-15H,1,3-8,13H2. The fourth-order valence-electron chi connectivity index (χ4n) is 3.94. The van der Waals surface area contributed by atoms with Gasteiger partial charge < -0.3 is 4.90 Å². The fraction of sp³-hybridized carbons (Fsp3) is 0.333. The number of aryl methyl sites for hydroxylation is 4. The van der Waals surface area contributed by atoms with Crippen LogP contribution in [0, 0.1) is 0 Å². The number of nitrogens with zero attached hydrogens (tertiary/aromatic N) is 1. The van der Waals surface area contributed by atoms with Crippen LogP contribution in [0.2, 0.25) is 0 Å². The molecular weight excluding hydrogens is 266 g/mol. The lowest BCUT2D eigenvalue weighted by atomic mass is 10.1. The molecule has 2 aliphatic rings. The van der Waals surface area contributed by atoms with Crippen LogP contribution >= 0.6 is 0 Å². The highest BCUT2D eigenvalue weighted by molar-refractivity contribution is 5.66. The summed E-state index contributed by atoms with van der Waals surface area (Å²) in [6.45, 7) is 4.81. The topological polar surface area (TPSA) is 3.24 Å². The van der Waals surface area contributed by atoms with Gasteiger partial charge in [0.2, 0.25) is 0 Å². The van der Waals surface area contributed by atoms with E-state index in [2.05, 4.69) is 47.9 Å². The molecule has 0 aromatic heterocycles. The first-order chi connectivity index (χ1) is 10.8. The molecule has 0 fully saturated rings. The van der Waals surface area contributed by atoms with Gasteiger partial charge in [0, 0.05) is 17.9 Å². The molecule has 1 heteroatoms. The van der Waals surface area contributed by atoms with Crippen molar-refractivity contribution in [2.45, 2.75) is 38.5 Å². The summed E-state index contributed by atoms with van der Waals surface area (Å²) >= 11 is 0. The third-order valence-corrected chi connectivity index (χ3v) is 5.10. The van der Waals surface area contributed by atoms with Crippen LogP contribution in [0.15, 0.2) is 49.1 Å². The van der Waals surface area contributed by atoms with E-state index in [0.717, 1.165) is 6.54 Å². The molecule has 0 saturated carbocycles. The molecule has 0 aliphatic heterocycles. The minimum atomic E-state index is 0.859. The van der Waals surface area contributed by atoms with Crippen LogP contribution in [0.4, 0.5) is 11.4 Å². The van der Waals surface area contributed by atoms with Gasteiger partial charge in [-0.2, -0.15) is 0 Å². The van der Waals surface area contributed by atoms with Crippen LogP contribution in [0.25, 0.3) is 0 Å². The Balaban J connectivity index is 1.73. The summed E-state index contributed by atoms with van der Waals surface area (Å²) in [5.41, 5.74) is 8.75. The minimum Gasteiger partial charge on any atom is -0.338 e. The average molecular weight is 289 g/mol. The lowest BCUT2D eigenvalue weighted by Crippen LogP contribution is -2.17. The monoisotopic (exact) mass is 289 g/mol. The molecule has 4 rings (SSSR count). The fourth-order valence-corrected chi connectivity index (χ4v) is 3.94. The van der Waals surface area contributed by atoms with Crippen LogP contribution in [0.1, 0.15) is 35.1 Å². The molecule has 0 heterocycles. The number of hydrogen-bond donors (Lipinski definition) is 0. The van der Waals surface area contributed by atoms with Crippen molar-refractivity contribution in [1.82, 2.24) is 0 Å². The number of fused-ring (bicyclic) bond motifs is 2. The predicted molar refractivity (Wildman–Crippen MR) is 94.1 cm³/mol. The quantitative estimate of drug-likeness (QED) is 0.717. The molecule has 0 saturated heterocycles. The van der Waals surface area contributed by atoms with Crippen molar-refractivity contribution in [3.8, 4) is 0 Å². The third kappa shape index (κ3) is 2.35. The van der Waals surface area contributed by atoms with E-state index < -0.39 is 0 Å². The van der Waals surface area contributed by atoms with Gasteiger partial charge in [0.1, 0.15) is 0 Å². The first-order valence-corrected chi connectivity index (χ1v) is 8.47. The van der Waals surface area contributed by atoms with Gasteiger partial charge in [0.05, 0.1) is 0 Å². The van der Waals surface area contributed by atoms with Gasteiger partial charge in [-0.25, -0.2) is 0 Å². The van der Waals surface area contributed by atoms with Crippen LogP contribution in [-0.4, -0.2) is 6.54 Å². The molecule has 1 nitrogen and oxygen atoms in total. The van der Waals surface area contributed by atoms with E-state index in [1.807, 2.05) is 6.08 Å². The second-order valence-electron chi connectivity index (χ2n) is 6.51. The Labute approximate surface area is 133 Å². The summed E-state index contributed by atoms with van der Waals surface area (Å²) in [4.78, 5) is 2.39. The zero-order chi connectivity index (χ0) is 14.9. The Morgan fingerprint density at radius 1 is 0.773 bits per heavy atom. The van der Waals surface area contributed by atoms with Crippen molar-refractivity contribution in [3.63, 3.8) is 0 Å². The van der Waals surface area contributed by atoms with E-state index in [1.54, 1.807) is 0 Å². The van der Waals surface area contributed by atoms with Crippen molar-refractivity contribution < 1.29 is 0 Å². The van der Waals surface area contributed by atoms with E-state index >= 15 is 0 Å². The lowest BCUT2D eigenvalue weighted by molar-refractivity contribution is 0.911. The molecular formula is C21H23N. The first kappa shape index (κ1) is 13.6. The Hall–Kier alpha value is -2.02. The second kappa shape index (κ2) is 5.64. The summed E-state index contributed by atoms with van der Waals surface area (Å²) in [5.74, 6) is 0. The molecule has 0 atom stereocenters. The smallest absolute Gasteiger partial charge is 0.0416 e. The van der Waals surface area contributed by atoms with Gasteiger partial charge in [0.25, 0.3) is 0 Å². The maximum Gasteiger partial charge on any atom is 0.0416 e. The summed E-state index contributed by atoms with van der Waals surface area (Å²) in [5, 5.41) is 0. The highest BCUT2D eigenvalue weighted by Crippen LogP contribution is 2.33. The van der Waals surface area contributed by atoms with Crippen LogP contribution in [0.5, 0.6) is 0 Å². The third-order valence-electron chi connectivity index (χ3n) is 5.10. The highest BCUT2D eigenvalue weighted by Gasteiger charge is 2.17. The molecule has 0 bridgehead atoms. The van der Waals surface area contributed by atoms with E-state index in [4.69, 9.17) is 0 Å². The van der Waals surface area contributed by atoms with Crippen molar-refractivity contribution in [2.75, 3.05) is 11.4 Å². The molecule has 0 radical (unpaired) electrons. The zero-order valence-corrected chi connectivity index (χ0v) is 13.1. The Morgan fingerprint density at radius 2 is 1.27 bits per heavy atom. The number of rotatable bonds is 4. The van der Waals surface area contributed by atoms with E-state index in [1.165, 1.54) is 72.2 Å². The Bertz CT molecular complexity index is 656. The van der Waals surface area contributed by atoms with E-state index in [9.17, 15) is 0 Å². The number of anilines is 2. The molecule has 2 aromatic carbocycles. The Morgan fingerprint density at radius 3 is 1.77 bits per heavy atom.